The van der Waals surface area contributed by atoms with Crippen LogP contribution >= 0.6 is 0 Å². The normalized spacial score (nSPS) is 32.6. The van der Waals surface area contributed by atoms with E-state index in [1.807, 2.05) is 4.90 Å². The maximum Gasteiger partial charge on any atom is 0.236 e. The second kappa shape index (κ2) is 6.71. The highest BCUT2D eigenvalue weighted by molar-refractivity contribution is 5.78. The highest BCUT2D eigenvalue weighted by Crippen LogP contribution is 2.31. The number of nitrogens with zero attached hydrogens (tertiary/aromatic N) is 2. The molecule has 0 aromatic rings. The molecule has 0 spiro atoms. The van der Waals surface area contributed by atoms with Crippen LogP contribution in [-0.2, 0) is 4.79 Å². The zero-order valence-corrected chi connectivity index (χ0v) is 12.7. The molecule has 4 nitrogen and oxygen atoms in total. The van der Waals surface area contributed by atoms with Gasteiger partial charge in [0.05, 0.1) is 6.54 Å². The van der Waals surface area contributed by atoms with Gasteiger partial charge in [0, 0.05) is 32.2 Å². The molecule has 1 N–H and O–H groups in total. The molecule has 1 saturated carbocycles. The molecule has 1 aliphatic heterocycles. The number of piperazine rings is 1. The molecular formula is C15H29N3O. The summed E-state index contributed by atoms with van der Waals surface area (Å²) >= 11 is 0. The first-order valence-electron chi connectivity index (χ1n) is 7.78. The molecule has 19 heavy (non-hydrogen) atoms. The number of likely N-dealkylation sites (N-methyl/N-ethyl adjacent to an activating group) is 1. The third-order valence-electron chi connectivity index (χ3n) is 4.85. The van der Waals surface area contributed by atoms with Gasteiger partial charge in [-0.05, 0) is 31.7 Å². The molecule has 2 atom stereocenters. The lowest BCUT2D eigenvalue weighted by Gasteiger charge is -2.41. The van der Waals surface area contributed by atoms with E-state index in [0.717, 1.165) is 26.2 Å². The fourth-order valence-corrected chi connectivity index (χ4v) is 3.87. The van der Waals surface area contributed by atoms with Crippen LogP contribution in [0.2, 0.25) is 0 Å². The van der Waals surface area contributed by atoms with E-state index in [4.69, 9.17) is 0 Å². The summed E-state index contributed by atoms with van der Waals surface area (Å²) in [4.78, 5) is 16.6. The Balaban J connectivity index is 1.88. The third kappa shape index (κ3) is 3.69. The van der Waals surface area contributed by atoms with Crippen molar-refractivity contribution in [2.24, 2.45) is 11.8 Å². The van der Waals surface area contributed by atoms with Crippen molar-refractivity contribution in [3.05, 3.63) is 0 Å². The van der Waals surface area contributed by atoms with E-state index < -0.39 is 0 Å². The van der Waals surface area contributed by atoms with Crippen LogP contribution in [0.15, 0.2) is 0 Å². The number of rotatable bonds is 3. The minimum absolute atomic E-state index is 0.300. The number of hydrogen-bond acceptors (Lipinski definition) is 3. The topological polar surface area (TPSA) is 35.6 Å². The summed E-state index contributed by atoms with van der Waals surface area (Å²) in [6.07, 6.45) is 3.96. The second-order valence-electron chi connectivity index (χ2n) is 6.42. The first-order valence-corrected chi connectivity index (χ1v) is 7.78. The summed E-state index contributed by atoms with van der Waals surface area (Å²) < 4.78 is 0. The first kappa shape index (κ1) is 14.8. The lowest BCUT2D eigenvalue weighted by atomic mass is 9.78. The lowest BCUT2D eigenvalue weighted by molar-refractivity contribution is -0.133. The van der Waals surface area contributed by atoms with Gasteiger partial charge in [-0.25, -0.2) is 0 Å². The predicted octanol–water partition coefficient (Wildman–Crippen LogP) is 1.17. The maximum absolute atomic E-state index is 12.3. The monoisotopic (exact) mass is 267 g/mol. The largest absolute Gasteiger partial charge is 0.339 e. The van der Waals surface area contributed by atoms with Gasteiger partial charge >= 0.3 is 0 Å². The fraction of sp³-hybridized carbons (Fsp3) is 0.933. The average molecular weight is 267 g/mol. The second-order valence-corrected chi connectivity index (χ2v) is 6.42. The first-order chi connectivity index (χ1) is 9.09. The summed E-state index contributed by atoms with van der Waals surface area (Å²) in [7, 11) is 2.13. The Kier molecular flexibility index (Phi) is 5.22. The molecule has 0 aromatic carbocycles. The number of amides is 1. The van der Waals surface area contributed by atoms with Crippen molar-refractivity contribution in [3.63, 3.8) is 0 Å². The molecule has 2 fully saturated rings. The Bertz CT molecular complexity index is 292. The smallest absolute Gasteiger partial charge is 0.236 e. The molecule has 110 valence electrons. The van der Waals surface area contributed by atoms with Crippen molar-refractivity contribution in [1.29, 1.82) is 0 Å². The highest BCUT2D eigenvalue weighted by Gasteiger charge is 2.32. The molecule has 1 saturated heterocycles. The minimum atomic E-state index is 0.300. The van der Waals surface area contributed by atoms with Crippen LogP contribution in [0.5, 0.6) is 0 Å². The fourth-order valence-electron chi connectivity index (χ4n) is 3.87. The van der Waals surface area contributed by atoms with Crippen molar-refractivity contribution in [1.82, 2.24) is 15.1 Å². The van der Waals surface area contributed by atoms with Crippen molar-refractivity contribution in [2.75, 3.05) is 39.8 Å². The van der Waals surface area contributed by atoms with E-state index in [2.05, 4.69) is 31.1 Å². The van der Waals surface area contributed by atoms with Crippen LogP contribution in [-0.4, -0.2) is 61.5 Å². The van der Waals surface area contributed by atoms with Crippen molar-refractivity contribution < 1.29 is 4.79 Å². The molecule has 1 aliphatic carbocycles. The molecule has 1 amide bonds. The molecule has 1 heterocycles. The Morgan fingerprint density at radius 3 is 2.37 bits per heavy atom. The van der Waals surface area contributed by atoms with E-state index in [1.54, 1.807) is 0 Å². The summed E-state index contributed by atoms with van der Waals surface area (Å²) in [5.41, 5.74) is 0. The molecule has 0 bridgehead atoms. The summed E-state index contributed by atoms with van der Waals surface area (Å²) in [5.74, 6) is 1.73. The lowest BCUT2D eigenvalue weighted by Crippen LogP contribution is -2.52. The van der Waals surface area contributed by atoms with Crippen molar-refractivity contribution in [2.45, 2.75) is 39.2 Å². The van der Waals surface area contributed by atoms with Crippen LogP contribution in [0.3, 0.4) is 0 Å². The Labute approximate surface area is 117 Å². The standard InChI is InChI=1S/C15H29N3O/c1-12-5-4-6-13(2)15(12)17(3)11-14(19)18-9-7-16-8-10-18/h12-13,15-16H,4-11H2,1-3H3. The number of hydrogen-bond donors (Lipinski definition) is 1. The minimum Gasteiger partial charge on any atom is -0.339 e. The van der Waals surface area contributed by atoms with Crippen LogP contribution in [0.4, 0.5) is 0 Å². The number of nitrogens with one attached hydrogen (secondary N) is 1. The number of carbonyl (C=O) groups excluding carboxylic acids is 1. The summed E-state index contributed by atoms with van der Waals surface area (Å²) in [6.45, 7) is 8.86. The van der Waals surface area contributed by atoms with Crippen LogP contribution < -0.4 is 5.32 Å². The third-order valence-corrected chi connectivity index (χ3v) is 4.85. The van der Waals surface area contributed by atoms with Crippen molar-refractivity contribution >= 4 is 5.91 Å². The Morgan fingerprint density at radius 2 is 1.79 bits per heavy atom. The summed E-state index contributed by atoms with van der Waals surface area (Å²) in [6, 6.07) is 0.570. The Hall–Kier alpha value is -0.610. The molecular weight excluding hydrogens is 238 g/mol. The van der Waals surface area contributed by atoms with E-state index in [0.29, 0.717) is 30.3 Å². The number of carbonyl (C=O) groups is 1. The van der Waals surface area contributed by atoms with Gasteiger partial charge in [0.1, 0.15) is 0 Å². The molecule has 0 aromatic heterocycles. The van der Waals surface area contributed by atoms with E-state index in [1.165, 1.54) is 19.3 Å². The van der Waals surface area contributed by atoms with Gasteiger partial charge < -0.3 is 10.2 Å². The van der Waals surface area contributed by atoms with Gasteiger partial charge in [0.2, 0.25) is 5.91 Å². The zero-order chi connectivity index (χ0) is 13.8. The van der Waals surface area contributed by atoms with Gasteiger partial charge in [-0.2, -0.15) is 0 Å². The quantitative estimate of drug-likeness (QED) is 0.834. The van der Waals surface area contributed by atoms with Gasteiger partial charge in [-0.1, -0.05) is 20.3 Å². The predicted molar refractivity (Wildman–Crippen MR) is 78.0 cm³/mol. The van der Waals surface area contributed by atoms with Crippen LogP contribution in [0.1, 0.15) is 33.1 Å². The Morgan fingerprint density at radius 1 is 1.21 bits per heavy atom. The average Bonchev–Trinajstić information content (AvgIpc) is 2.39. The SMILES string of the molecule is CC1CCCC(C)C1N(C)CC(=O)N1CCNCC1. The molecule has 2 aliphatic rings. The van der Waals surface area contributed by atoms with Gasteiger partial charge in [-0.15, -0.1) is 0 Å². The van der Waals surface area contributed by atoms with Crippen molar-refractivity contribution in [3.8, 4) is 0 Å². The van der Waals surface area contributed by atoms with Crippen LogP contribution in [0, 0.1) is 11.8 Å². The van der Waals surface area contributed by atoms with E-state index in [9.17, 15) is 4.79 Å². The van der Waals surface area contributed by atoms with Gasteiger partial charge in [0.15, 0.2) is 0 Å². The molecule has 0 radical (unpaired) electrons. The highest BCUT2D eigenvalue weighted by atomic mass is 16.2. The summed E-state index contributed by atoms with van der Waals surface area (Å²) in [5, 5.41) is 3.29. The zero-order valence-electron chi connectivity index (χ0n) is 12.7. The van der Waals surface area contributed by atoms with Crippen LogP contribution in [0.25, 0.3) is 0 Å². The molecule has 2 rings (SSSR count). The molecule has 2 unspecified atom stereocenters. The maximum atomic E-state index is 12.3. The van der Waals surface area contributed by atoms with E-state index in [-0.39, 0.29) is 0 Å². The van der Waals surface area contributed by atoms with Gasteiger partial charge in [0.25, 0.3) is 0 Å². The molecule has 4 heteroatoms. The van der Waals surface area contributed by atoms with Gasteiger partial charge in [-0.3, -0.25) is 9.69 Å². The van der Waals surface area contributed by atoms with E-state index >= 15 is 0 Å².